The van der Waals surface area contributed by atoms with Crippen LogP contribution in [-0.4, -0.2) is 69.2 Å². The number of aromatic nitrogens is 4. The summed E-state index contributed by atoms with van der Waals surface area (Å²) in [5.41, 5.74) is 1.20. The highest BCUT2D eigenvalue weighted by atomic mass is 16.2. The molecule has 3 heterocycles. The summed E-state index contributed by atoms with van der Waals surface area (Å²) in [6, 6.07) is 3.47. The quantitative estimate of drug-likeness (QED) is 0.811. The first-order valence-electron chi connectivity index (χ1n) is 8.13. The molecule has 2 aromatic heterocycles. The van der Waals surface area contributed by atoms with E-state index < -0.39 is 0 Å². The Bertz CT molecular complexity index is 732. The molecular formula is C16H21N7O2. The van der Waals surface area contributed by atoms with Crippen molar-refractivity contribution in [2.45, 2.75) is 6.92 Å². The Morgan fingerprint density at radius 2 is 1.84 bits per heavy atom. The lowest BCUT2D eigenvalue weighted by Gasteiger charge is -2.34. The van der Waals surface area contributed by atoms with Crippen LogP contribution in [0.5, 0.6) is 0 Å². The van der Waals surface area contributed by atoms with Crippen molar-refractivity contribution in [2.24, 2.45) is 7.05 Å². The Morgan fingerprint density at radius 1 is 1.16 bits per heavy atom. The molecule has 1 saturated heterocycles. The number of anilines is 1. The van der Waals surface area contributed by atoms with E-state index in [0.717, 1.165) is 5.69 Å². The molecule has 0 saturated carbocycles. The zero-order chi connectivity index (χ0) is 17.8. The van der Waals surface area contributed by atoms with Gasteiger partial charge in [0.1, 0.15) is 5.69 Å². The lowest BCUT2D eigenvalue weighted by molar-refractivity contribution is -0.130. The lowest BCUT2D eigenvalue weighted by atomic mass is 10.3. The highest BCUT2D eigenvalue weighted by Gasteiger charge is 2.23. The fraction of sp³-hybridized carbons (Fsp3) is 0.438. The average molecular weight is 343 g/mol. The molecule has 3 rings (SSSR count). The van der Waals surface area contributed by atoms with Crippen molar-refractivity contribution in [1.82, 2.24) is 30.0 Å². The van der Waals surface area contributed by atoms with Crippen LogP contribution in [0, 0.1) is 6.92 Å². The van der Waals surface area contributed by atoms with E-state index in [2.05, 4.69) is 20.4 Å². The van der Waals surface area contributed by atoms with Gasteiger partial charge in [0.2, 0.25) is 11.9 Å². The molecule has 0 aliphatic carbocycles. The number of nitrogens with zero attached hydrogens (tertiary/aromatic N) is 6. The van der Waals surface area contributed by atoms with Gasteiger partial charge in [0, 0.05) is 51.3 Å². The second kappa shape index (κ2) is 7.29. The van der Waals surface area contributed by atoms with Gasteiger partial charge in [-0.2, -0.15) is 5.10 Å². The molecule has 25 heavy (non-hydrogen) atoms. The van der Waals surface area contributed by atoms with Crippen LogP contribution < -0.4 is 10.2 Å². The van der Waals surface area contributed by atoms with Crippen LogP contribution in [0.15, 0.2) is 24.5 Å². The number of piperazine rings is 1. The first-order valence-corrected chi connectivity index (χ1v) is 8.13. The predicted molar refractivity (Wildman–Crippen MR) is 91.1 cm³/mol. The van der Waals surface area contributed by atoms with Crippen LogP contribution in [0.4, 0.5) is 5.95 Å². The SMILES string of the molecule is Cc1cc(C(=O)NCC(=O)N2CCN(c3ncccn3)CC2)nn1C. The van der Waals surface area contributed by atoms with E-state index in [1.165, 1.54) is 0 Å². The van der Waals surface area contributed by atoms with Crippen molar-refractivity contribution in [3.63, 3.8) is 0 Å². The normalized spacial score (nSPS) is 14.5. The highest BCUT2D eigenvalue weighted by molar-refractivity contribution is 5.95. The summed E-state index contributed by atoms with van der Waals surface area (Å²) in [5, 5.41) is 6.74. The van der Waals surface area contributed by atoms with Crippen LogP contribution >= 0.6 is 0 Å². The van der Waals surface area contributed by atoms with Gasteiger partial charge < -0.3 is 15.1 Å². The Labute approximate surface area is 145 Å². The third-order valence-corrected chi connectivity index (χ3v) is 4.21. The molecule has 1 fully saturated rings. The molecule has 1 aliphatic rings. The van der Waals surface area contributed by atoms with Gasteiger partial charge in [-0.1, -0.05) is 0 Å². The number of carbonyl (C=O) groups is 2. The molecule has 0 aromatic carbocycles. The maximum absolute atomic E-state index is 12.3. The zero-order valence-electron chi connectivity index (χ0n) is 14.3. The molecule has 2 amide bonds. The summed E-state index contributed by atoms with van der Waals surface area (Å²) < 4.78 is 1.63. The third-order valence-electron chi connectivity index (χ3n) is 4.21. The molecule has 132 valence electrons. The van der Waals surface area contributed by atoms with Gasteiger partial charge in [0.15, 0.2) is 0 Å². The van der Waals surface area contributed by atoms with Crippen molar-refractivity contribution in [3.05, 3.63) is 35.9 Å². The van der Waals surface area contributed by atoms with E-state index in [1.54, 1.807) is 41.2 Å². The predicted octanol–water partition coefficient (Wildman–Crippen LogP) is -0.403. The van der Waals surface area contributed by atoms with E-state index in [9.17, 15) is 9.59 Å². The van der Waals surface area contributed by atoms with E-state index in [4.69, 9.17) is 0 Å². The van der Waals surface area contributed by atoms with Gasteiger partial charge in [-0.05, 0) is 19.1 Å². The minimum atomic E-state index is -0.339. The molecule has 0 unspecified atom stereocenters. The number of amides is 2. The maximum Gasteiger partial charge on any atom is 0.272 e. The molecule has 0 radical (unpaired) electrons. The van der Waals surface area contributed by atoms with Crippen molar-refractivity contribution < 1.29 is 9.59 Å². The van der Waals surface area contributed by atoms with E-state index in [0.29, 0.717) is 37.8 Å². The second-order valence-corrected chi connectivity index (χ2v) is 5.89. The lowest BCUT2D eigenvalue weighted by Crippen LogP contribution is -2.51. The van der Waals surface area contributed by atoms with Crippen molar-refractivity contribution in [3.8, 4) is 0 Å². The van der Waals surface area contributed by atoms with Gasteiger partial charge in [-0.3, -0.25) is 14.3 Å². The summed E-state index contributed by atoms with van der Waals surface area (Å²) in [6.45, 7) is 4.33. The summed E-state index contributed by atoms with van der Waals surface area (Å²) in [4.78, 5) is 36.6. The number of carbonyl (C=O) groups excluding carboxylic acids is 2. The number of hydrogen-bond donors (Lipinski definition) is 1. The van der Waals surface area contributed by atoms with Gasteiger partial charge in [-0.15, -0.1) is 0 Å². The third kappa shape index (κ3) is 3.93. The molecular weight excluding hydrogens is 322 g/mol. The van der Waals surface area contributed by atoms with Gasteiger partial charge in [0.05, 0.1) is 6.54 Å². The maximum atomic E-state index is 12.3. The largest absolute Gasteiger partial charge is 0.342 e. The van der Waals surface area contributed by atoms with Gasteiger partial charge in [0.25, 0.3) is 5.91 Å². The smallest absolute Gasteiger partial charge is 0.272 e. The number of aryl methyl sites for hydroxylation is 2. The molecule has 2 aromatic rings. The highest BCUT2D eigenvalue weighted by Crippen LogP contribution is 2.09. The van der Waals surface area contributed by atoms with Crippen molar-refractivity contribution >= 4 is 17.8 Å². The van der Waals surface area contributed by atoms with E-state index in [-0.39, 0.29) is 18.4 Å². The zero-order valence-corrected chi connectivity index (χ0v) is 14.3. The topological polar surface area (TPSA) is 96.2 Å². The first-order chi connectivity index (χ1) is 12.0. The molecule has 0 spiro atoms. The van der Waals surface area contributed by atoms with Crippen LogP contribution in [0.3, 0.4) is 0 Å². The van der Waals surface area contributed by atoms with Gasteiger partial charge in [-0.25, -0.2) is 9.97 Å². The molecule has 1 aliphatic heterocycles. The van der Waals surface area contributed by atoms with E-state index >= 15 is 0 Å². The van der Waals surface area contributed by atoms with Crippen LogP contribution in [0.1, 0.15) is 16.2 Å². The second-order valence-electron chi connectivity index (χ2n) is 5.89. The van der Waals surface area contributed by atoms with Crippen LogP contribution in [0.25, 0.3) is 0 Å². The Kier molecular flexibility index (Phi) is 4.92. The minimum Gasteiger partial charge on any atom is -0.342 e. The first kappa shape index (κ1) is 16.9. The number of rotatable bonds is 4. The Hall–Kier alpha value is -2.97. The van der Waals surface area contributed by atoms with Crippen LogP contribution in [-0.2, 0) is 11.8 Å². The van der Waals surface area contributed by atoms with E-state index in [1.807, 2.05) is 11.8 Å². The molecule has 1 N–H and O–H groups in total. The number of hydrogen-bond acceptors (Lipinski definition) is 6. The van der Waals surface area contributed by atoms with Gasteiger partial charge >= 0.3 is 0 Å². The summed E-state index contributed by atoms with van der Waals surface area (Å²) >= 11 is 0. The molecule has 9 heteroatoms. The molecule has 0 bridgehead atoms. The van der Waals surface area contributed by atoms with Crippen molar-refractivity contribution in [2.75, 3.05) is 37.6 Å². The Morgan fingerprint density at radius 3 is 2.44 bits per heavy atom. The minimum absolute atomic E-state index is 0.0315. The van der Waals surface area contributed by atoms with Crippen molar-refractivity contribution in [1.29, 1.82) is 0 Å². The molecule has 0 atom stereocenters. The average Bonchev–Trinajstić information content (AvgIpc) is 2.99. The van der Waals surface area contributed by atoms with Crippen LogP contribution in [0.2, 0.25) is 0 Å². The fourth-order valence-electron chi connectivity index (χ4n) is 2.64. The molecule has 9 nitrogen and oxygen atoms in total. The summed E-state index contributed by atoms with van der Waals surface area (Å²) in [7, 11) is 1.77. The number of nitrogens with one attached hydrogen (secondary N) is 1. The monoisotopic (exact) mass is 343 g/mol. The Balaban J connectivity index is 1.47. The summed E-state index contributed by atoms with van der Waals surface area (Å²) in [6.07, 6.45) is 3.41. The summed E-state index contributed by atoms with van der Waals surface area (Å²) in [5.74, 6) is 0.233. The standard InChI is InChI=1S/C16H21N7O2/c1-12-10-13(20-21(12)2)15(25)19-11-14(24)22-6-8-23(9-7-22)16-17-4-3-5-18-16/h3-5,10H,6-9,11H2,1-2H3,(H,19,25). The fourth-order valence-corrected chi connectivity index (χ4v) is 2.64.